The number of aliphatic hydroxyl groups excluding tert-OH is 1. The van der Waals surface area contributed by atoms with Crippen LogP contribution < -0.4 is 0 Å². The first-order valence-electron chi connectivity index (χ1n) is 13.4. The highest BCUT2D eigenvalue weighted by Gasteiger charge is 2.29. The normalized spacial score (nSPS) is 16.5. The minimum absolute atomic E-state index is 0.0432. The molecule has 210 valence electrons. The SMILES string of the molecule is CCCCCCCCCCCCC(OCC(O)COP(=O)(O)OCC[N+](C)(C)C)[C@H](CC)C(=O)O. The van der Waals surface area contributed by atoms with Crippen molar-refractivity contribution in [2.24, 2.45) is 5.92 Å². The van der Waals surface area contributed by atoms with Crippen LogP contribution >= 0.6 is 7.82 Å². The zero-order chi connectivity index (χ0) is 26.7. The third-order valence-corrected chi connectivity index (χ3v) is 6.98. The van der Waals surface area contributed by atoms with E-state index in [2.05, 4.69) is 6.92 Å². The Labute approximate surface area is 213 Å². The van der Waals surface area contributed by atoms with Crippen LogP contribution in [0.5, 0.6) is 0 Å². The summed E-state index contributed by atoms with van der Waals surface area (Å²) in [5.74, 6) is -1.58. The van der Waals surface area contributed by atoms with E-state index in [0.717, 1.165) is 19.3 Å². The van der Waals surface area contributed by atoms with Gasteiger partial charge in [0.1, 0.15) is 19.3 Å². The molecule has 0 aliphatic rings. The molecule has 0 saturated carbocycles. The lowest BCUT2D eigenvalue weighted by molar-refractivity contribution is -0.870. The van der Waals surface area contributed by atoms with Crippen molar-refractivity contribution in [1.29, 1.82) is 0 Å². The van der Waals surface area contributed by atoms with E-state index in [1.54, 1.807) is 0 Å². The number of ether oxygens (including phenoxy) is 1. The number of carbonyl (C=O) groups is 1. The topological polar surface area (TPSA) is 123 Å². The van der Waals surface area contributed by atoms with Gasteiger partial charge >= 0.3 is 13.8 Å². The van der Waals surface area contributed by atoms with Gasteiger partial charge in [-0.15, -0.1) is 0 Å². The first-order chi connectivity index (χ1) is 16.4. The molecule has 10 heteroatoms. The lowest BCUT2D eigenvalue weighted by Gasteiger charge is -2.25. The summed E-state index contributed by atoms with van der Waals surface area (Å²) in [6, 6.07) is 0. The number of nitrogens with zero attached hydrogens (tertiary/aromatic N) is 1. The monoisotopic (exact) mass is 526 g/mol. The van der Waals surface area contributed by atoms with Gasteiger partial charge in [0.15, 0.2) is 0 Å². The zero-order valence-corrected chi connectivity index (χ0v) is 23.7. The van der Waals surface area contributed by atoms with Crippen molar-refractivity contribution in [2.75, 3.05) is 47.5 Å². The molecule has 3 unspecified atom stereocenters. The maximum atomic E-state index is 12.0. The van der Waals surface area contributed by atoms with Crippen molar-refractivity contribution in [3.8, 4) is 0 Å². The molecular weight excluding hydrogens is 473 g/mol. The van der Waals surface area contributed by atoms with Gasteiger partial charge in [-0.3, -0.25) is 13.8 Å². The molecule has 0 saturated heterocycles. The van der Waals surface area contributed by atoms with E-state index in [9.17, 15) is 24.5 Å². The molecule has 0 aromatic carbocycles. The second-order valence-corrected chi connectivity index (χ2v) is 11.9. The number of phosphoric ester groups is 1. The van der Waals surface area contributed by atoms with E-state index >= 15 is 0 Å². The second-order valence-electron chi connectivity index (χ2n) is 10.5. The van der Waals surface area contributed by atoms with Crippen LogP contribution in [0.3, 0.4) is 0 Å². The third kappa shape index (κ3) is 20.2. The Morgan fingerprint density at radius 1 is 0.886 bits per heavy atom. The van der Waals surface area contributed by atoms with Crippen LogP contribution in [0.1, 0.15) is 90.9 Å². The molecule has 0 aromatic rings. The number of aliphatic hydroxyl groups is 1. The summed E-state index contributed by atoms with van der Waals surface area (Å²) >= 11 is 0. The summed E-state index contributed by atoms with van der Waals surface area (Å²) in [7, 11) is 1.51. The fraction of sp³-hybridized carbons (Fsp3) is 0.960. The first kappa shape index (κ1) is 34.5. The van der Waals surface area contributed by atoms with Gasteiger partial charge in [0.25, 0.3) is 0 Å². The van der Waals surface area contributed by atoms with Crippen LogP contribution in [0.25, 0.3) is 0 Å². The Kier molecular flexibility index (Phi) is 19.3. The quantitative estimate of drug-likeness (QED) is 0.0913. The van der Waals surface area contributed by atoms with Crippen LogP contribution in [-0.2, 0) is 23.1 Å². The summed E-state index contributed by atoms with van der Waals surface area (Å²) in [6.45, 7) is 3.98. The number of unbranched alkanes of at least 4 members (excludes halogenated alkanes) is 9. The maximum Gasteiger partial charge on any atom is 0.472 e. The summed E-state index contributed by atoms with van der Waals surface area (Å²) in [5.41, 5.74) is 0. The average Bonchev–Trinajstić information content (AvgIpc) is 2.76. The number of aliphatic carboxylic acids is 1. The number of hydrogen-bond acceptors (Lipinski definition) is 6. The molecule has 0 amide bonds. The molecule has 0 aliphatic heterocycles. The predicted octanol–water partition coefficient (Wildman–Crippen LogP) is 4.99. The molecule has 0 rings (SSSR count). The van der Waals surface area contributed by atoms with E-state index in [4.69, 9.17) is 13.8 Å². The highest BCUT2D eigenvalue weighted by molar-refractivity contribution is 7.47. The highest BCUT2D eigenvalue weighted by Crippen LogP contribution is 2.43. The lowest BCUT2D eigenvalue weighted by Crippen LogP contribution is -2.37. The van der Waals surface area contributed by atoms with Crippen LogP contribution in [0.4, 0.5) is 0 Å². The molecule has 9 nitrogen and oxygen atoms in total. The van der Waals surface area contributed by atoms with Gasteiger partial charge in [0.05, 0.1) is 46.4 Å². The Bertz CT molecular complexity index is 584. The Morgan fingerprint density at radius 3 is 1.91 bits per heavy atom. The lowest BCUT2D eigenvalue weighted by atomic mass is 9.94. The number of rotatable bonds is 24. The van der Waals surface area contributed by atoms with Crippen LogP contribution in [0.2, 0.25) is 0 Å². The minimum Gasteiger partial charge on any atom is -0.481 e. The van der Waals surface area contributed by atoms with Crippen molar-refractivity contribution in [1.82, 2.24) is 0 Å². The summed E-state index contributed by atoms with van der Waals surface area (Å²) in [6.07, 6.45) is 11.3. The zero-order valence-electron chi connectivity index (χ0n) is 22.8. The number of phosphoric acid groups is 1. The van der Waals surface area contributed by atoms with Gasteiger partial charge in [-0.1, -0.05) is 78.1 Å². The molecule has 3 N–H and O–H groups in total. The maximum absolute atomic E-state index is 12.0. The van der Waals surface area contributed by atoms with Crippen LogP contribution in [0, 0.1) is 5.92 Å². The van der Waals surface area contributed by atoms with Gasteiger partial charge in [0.2, 0.25) is 0 Å². The second kappa shape index (κ2) is 19.6. The molecule has 0 bridgehead atoms. The van der Waals surface area contributed by atoms with Crippen molar-refractivity contribution >= 4 is 13.8 Å². The fourth-order valence-corrected chi connectivity index (χ4v) is 4.51. The van der Waals surface area contributed by atoms with Gasteiger partial charge in [-0.2, -0.15) is 0 Å². The van der Waals surface area contributed by atoms with Gasteiger partial charge in [-0.05, 0) is 12.8 Å². The number of quaternary nitrogens is 1. The van der Waals surface area contributed by atoms with Crippen molar-refractivity contribution in [3.05, 3.63) is 0 Å². The first-order valence-corrected chi connectivity index (χ1v) is 14.9. The molecule has 0 fully saturated rings. The smallest absolute Gasteiger partial charge is 0.472 e. The Morgan fingerprint density at radius 2 is 1.43 bits per heavy atom. The fourth-order valence-electron chi connectivity index (χ4n) is 3.76. The van der Waals surface area contributed by atoms with Gasteiger partial charge in [-0.25, -0.2) is 4.57 Å². The Hall–Kier alpha value is -0.540. The van der Waals surface area contributed by atoms with Crippen molar-refractivity contribution in [3.63, 3.8) is 0 Å². The number of likely N-dealkylation sites (N-methyl/N-ethyl adjacent to an activating group) is 1. The highest BCUT2D eigenvalue weighted by atomic mass is 31.2. The number of carboxylic acids is 1. The van der Waals surface area contributed by atoms with E-state index in [1.165, 1.54) is 44.9 Å². The summed E-state index contributed by atoms with van der Waals surface area (Å²) in [5, 5.41) is 19.7. The van der Waals surface area contributed by atoms with E-state index in [1.807, 2.05) is 28.1 Å². The molecular formula is C25H53NO8P+. The predicted molar refractivity (Wildman–Crippen MR) is 138 cm³/mol. The molecule has 0 aliphatic carbocycles. The third-order valence-electron chi connectivity index (χ3n) is 6.00. The van der Waals surface area contributed by atoms with E-state index < -0.39 is 38.5 Å². The molecule has 4 atom stereocenters. The minimum atomic E-state index is -4.28. The largest absolute Gasteiger partial charge is 0.481 e. The van der Waals surface area contributed by atoms with Crippen LogP contribution in [0.15, 0.2) is 0 Å². The van der Waals surface area contributed by atoms with E-state index in [-0.39, 0.29) is 13.2 Å². The Balaban J connectivity index is 4.36. The van der Waals surface area contributed by atoms with Crippen LogP contribution in [-0.4, -0.2) is 85.3 Å². The molecule has 35 heavy (non-hydrogen) atoms. The number of hydrogen-bond donors (Lipinski definition) is 3. The summed E-state index contributed by atoms with van der Waals surface area (Å²) in [4.78, 5) is 21.4. The van der Waals surface area contributed by atoms with Crippen molar-refractivity contribution in [2.45, 2.75) is 103 Å². The molecule has 0 radical (unpaired) electrons. The van der Waals surface area contributed by atoms with Gasteiger partial charge in [0, 0.05) is 0 Å². The average molecular weight is 527 g/mol. The van der Waals surface area contributed by atoms with Gasteiger partial charge < -0.3 is 24.3 Å². The number of carboxylic acid groups (broad SMARTS) is 1. The van der Waals surface area contributed by atoms with Crippen molar-refractivity contribution < 1.29 is 42.7 Å². The molecule has 0 spiro atoms. The molecule has 0 aromatic heterocycles. The summed E-state index contributed by atoms with van der Waals surface area (Å²) < 4.78 is 28.1. The van der Waals surface area contributed by atoms with E-state index in [0.29, 0.717) is 23.9 Å². The standard InChI is InChI=1S/C25H52NO8P/c1-6-8-9-10-11-12-13-14-15-16-17-24(23(7-2)25(28)29)32-20-22(27)21-34-35(30,31)33-19-18-26(3,4)5/h22-24,27H,6-21H2,1-5H3,(H-,28,29,30,31)/p+1/t22?,23-,24?/m0/s1. The molecule has 0 heterocycles.